The van der Waals surface area contributed by atoms with E-state index in [-0.39, 0.29) is 17.1 Å². The average molecular weight is 458 g/mol. The van der Waals surface area contributed by atoms with Crippen LogP contribution in [0.2, 0.25) is 0 Å². The van der Waals surface area contributed by atoms with E-state index in [1.165, 1.54) is 22.3 Å². The van der Waals surface area contributed by atoms with E-state index in [4.69, 9.17) is 0 Å². The smallest absolute Gasteiger partial charge is 0.262 e. The van der Waals surface area contributed by atoms with Crippen LogP contribution in [0.1, 0.15) is 29.3 Å². The highest BCUT2D eigenvalue weighted by atomic mass is 32.2. The fourth-order valence-electron chi connectivity index (χ4n) is 3.83. The lowest BCUT2D eigenvalue weighted by atomic mass is 9.99. The summed E-state index contributed by atoms with van der Waals surface area (Å²) in [6.45, 7) is 2.80. The predicted molar refractivity (Wildman–Crippen MR) is 124 cm³/mol. The summed E-state index contributed by atoms with van der Waals surface area (Å²) in [5.74, 6) is 0.0497. The van der Waals surface area contributed by atoms with Gasteiger partial charge in [-0.1, -0.05) is 23.9 Å². The third-order valence-electron chi connectivity index (χ3n) is 5.35. The van der Waals surface area contributed by atoms with Crippen molar-refractivity contribution >= 4 is 44.2 Å². The monoisotopic (exact) mass is 457 g/mol. The van der Waals surface area contributed by atoms with Gasteiger partial charge in [0.05, 0.1) is 28.6 Å². The molecule has 0 unspecified atom stereocenters. The molecular formula is C22H23N3O4S2. The van der Waals surface area contributed by atoms with Crippen molar-refractivity contribution in [2.45, 2.75) is 31.5 Å². The van der Waals surface area contributed by atoms with Crippen molar-refractivity contribution < 1.29 is 13.2 Å². The normalized spacial score (nSPS) is 13.9. The van der Waals surface area contributed by atoms with Crippen molar-refractivity contribution in [3.8, 4) is 0 Å². The summed E-state index contributed by atoms with van der Waals surface area (Å²) in [5, 5.41) is 1.07. The van der Waals surface area contributed by atoms with E-state index >= 15 is 0 Å². The zero-order valence-corrected chi connectivity index (χ0v) is 19.0. The molecule has 1 aliphatic heterocycles. The highest BCUT2D eigenvalue weighted by Crippen LogP contribution is 2.30. The third-order valence-corrected chi connectivity index (χ3v) is 7.51. The van der Waals surface area contributed by atoms with Gasteiger partial charge in [-0.3, -0.25) is 18.5 Å². The SMILES string of the molecule is CCn1c(SCC(=O)c2ccc3c(c2)CCCN3S(C)(=O)=O)nc2ccccc2c1=O. The number of carbonyl (C=O) groups is 1. The van der Waals surface area contributed by atoms with Crippen LogP contribution in [0.5, 0.6) is 0 Å². The standard InChI is InChI=1S/C22H23N3O4S2/c1-3-24-21(27)17-8-4-5-9-18(17)23-22(24)30-14-20(26)16-10-11-19-15(13-16)7-6-12-25(19)31(2,28)29/h4-5,8-11,13H,3,6-7,12,14H2,1-2H3. The Morgan fingerprint density at radius 3 is 2.71 bits per heavy atom. The Labute approximate surface area is 185 Å². The number of hydrogen-bond donors (Lipinski definition) is 0. The van der Waals surface area contributed by atoms with Crippen molar-refractivity contribution in [1.82, 2.24) is 9.55 Å². The van der Waals surface area contributed by atoms with E-state index in [2.05, 4.69) is 4.98 Å². The lowest BCUT2D eigenvalue weighted by Gasteiger charge is -2.29. The first-order chi connectivity index (χ1) is 14.8. The Morgan fingerprint density at radius 2 is 1.97 bits per heavy atom. The first-order valence-electron chi connectivity index (χ1n) is 10.1. The van der Waals surface area contributed by atoms with Crippen LogP contribution in [-0.2, 0) is 23.0 Å². The topological polar surface area (TPSA) is 89.3 Å². The number of hydrogen-bond acceptors (Lipinski definition) is 6. The second kappa shape index (κ2) is 8.47. The van der Waals surface area contributed by atoms with E-state index in [1.54, 1.807) is 34.9 Å². The molecule has 1 aliphatic rings. The van der Waals surface area contributed by atoms with Gasteiger partial charge in [0.1, 0.15) is 0 Å². The molecule has 0 bridgehead atoms. The summed E-state index contributed by atoms with van der Waals surface area (Å²) in [7, 11) is -3.34. The molecule has 7 nitrogen and oxygen atoms in total. The fourth-order valence-corrected chi connectivity index (χ4v) is 5.78. The molecule has 1 aromatic heterocycles. The highest BCUT2D eigenvalue weighted by Gasteiger charge is 2.24. The molecule has 31 heavy (non-hydrogen) atoms. The number of anilines is 1. The van der Waals surface area contributed by atoms with Gasteiger partial charge in [-0.2, -0.15) is 0 Å². The molecule has 0 aliphatic carbocycles. The van der Waals surface area contributed by atoms with Gasteiger partial charge < -0.3 is 0 Å². The van der Waals surface area contributed by atoms with Crippen LogP contribution in [0.25, 0.3) is 10.9 Å². The van der Waals surface area contributed by atoms with E-state index in [1.807, 2.05) is 19.1 Å². The number of rotatable bonds is 6. The molecule has 2 aromatic carbocycles. The Kier molecular flexibility index (Phi) is 5.90. The largest absolute Gasteiger partial charge is 0.293 e. The summed E-state index contributed by atoms with van der Waals surface area (Å²) in [6.07, 6.45) is 2.65. The second-order valence-electron chi connectivity index (χ2n) is 7.45. The molecule has 2 heterocycles. The summed E-state index contributed by atoms with van der Waals surface area (Å²) >= 11 is 1.24. The predicted octanol–water partition coefficient (Wildman–Crippen LogP) is 3.10. The molecule has 0 fully saturated rings. The Morgan fingerprint density at radius 1 is 1.19 bits per heavy atom. The van der Waals surface area contributed by atoms with Gasteiger partial charge in [-0.25, -0.2) is 13.4 Å². The average Bonchev–Trinajstić information content (AvgIpc) is 2.76. The molecule has 0 atom stereocenters. The number of sulfonamides is 1. The number of benzene rings is 2. The minimum atomic E-state index is -3.34. The molecule has 3 aromatic rings. The zero-order valence-electron chi connectivity index (χ0n) is 17.4. The highest BCUT2D eigenvalue weighted by molar-refractivity contribution is 7.99. The lowest BCUT2D eigenvalue weighted by Crippen LogP contribution is -2.34. The minimum absolute atomic E-state index is 0.0886. The van der Waals surface area contributed by atoms with Gasteiger partial charge in [-0.15, -0.1) is 0 Å². The van der Waals surface area contributed by atoms with E-state index < -0.39 is 10.0 Å². The summed E-state index contributed by atoms with van der Waals surface area (Å²) in [6, 6.07) is 12.4. The molecule has 0 N–H and O–H groups in total. The van der Waals surface area contributed by atoms with E-state index in [0.29, 0.717) is 40.4 Å². The number of thioether (sulfide) groups is 1. The summed E-state index contributed by atoms with van der Waals surface area (Å²) < 4.78 is 27.0. The van der Waals surface area contributed by atoms with Crippen LogP contribution in [0.3, 0.4) is 0 Å². The second-order valence-corrected chi connectivity index (χ2v) is 10.3. The first-order valence-corrected chi connectivity index (χ1v) is 12.9. The van der Waals surface area contributed by atoms with Crippen LogP contribution in [-0.4, -0.2) is 42.3 Å². The Bertz CT molecular complexity index is 1330. The number of carbonyl (C=O) groups excluding carboxylic acids is 1. The number of aromatic nitrogens is 2. The maximum Gasteiger partial charge on any atom is 0.262 e. The summed E-state index contributed by atoms with van der Waals surface area (Å²) in [5.41, 5.74) is 2.54. The molecular weight excluding hydrogens is 434 g/mol. The molecule has 9 heteroatoms. The maximum atomic E-state index is 12.9. The lowest BCUT2D eigenvalue weighted by molar-refractivity contribution is 0.102. The fraction of sp³-hybridized carbons (Fsp3) is 0.318. The van der Waals surface area contributed by atoms with E-state index in [9.17, 15) is 18.0 Å². The minimum Gasteiger partial charge on any atom is -0.293 e. The van der Waals surface area contributed by atoms with Crippen LogP contribution in [0, 0.1) is 0 Å². The maximum absolute atomic E-state index is 12.9. The van der Waals surface area contributed by atoms with Gasteiger partial charge in [0, 0.05) is 18.7 Å². The van der Waals surface area contributed by atoms with Gasteiger partial charge in [0.15, 0.2) is 10.9 Å². The van der Waals surface area contributed by atoms with E-state index in [0.717, 1.165) is 18.4 Å². The molecule has 162 valence electrons. The molecule has 0 saturated carbocycles. The number of nitrogens with zero attached hydrogens (tertiary/aromatic N) is 3. The van der Waals surface area contributed by atoms with Gasteiger partial charge in [0.2, 0.25) is 10.0 Å². The first kappa shape index (κ1) is 21.6. The molecule has 0 radical (unpaired) electrons. The molecule has 0 amide bonds. The van der Waals surface area contributed by atoms with Gasteiger partial charge in [-0.05, 0) is 55.7 Å². The quantitative estimate of drug-likeness (QED) is 0.321. The van der Waals surface area contributed by atoms with Crippen molar-refractivity contribution in [2.75, 3.05) is 22.9 Å². The molecule has 0 saturated heterocycles. The van der Waals surface area contributed by atoms with Crippen LogP contribution in [0.4, 0.5) is 5.69 Å². The van der Waals surface area contributed by atoms with Crippen LogP contribution < -0.4 is 9.86 Å². The van der Waals surface area contributed by atoms with Gasteiger partial charge in [0.25, 0.3) is 5.56 Å². The van der Waals surface area contributed by atoms with Gasteiger partial charge >= 0.3 is 0 Å². The zero-order chi connectivity index (χ0) is 22.2. The van der Waals surface area contributed by atoms with Crippen molar-refractivity contribution in [1.29, 1.82) is 0 Å². The van der Waals surface area contributed by atoms with Crippen molar-refractivity contribution in [3.05, 3.63) is 63.9 Å². The van der Waals surface area contributed by atoms with Crippen LogP contribution >= 0.6 is 11.8 Å². The number of aryl methyl sites for hydroxylation is 1. The number of ketones is 1. The number of para-hydroxylation sites is 1. The van der Waals surface area contributed by atoms with Crippen molar-refractivity contribution in [2.24, 2.45) is 0 Å². The Hall–Kier alpha value is -2.65. The number of fused-ring (bicyclic) bond motifs is 2. The third kappa shape index (κ3) is 4.24. The van der Waals surface area contributed by atoms with Crippen LogP contribution in [0.15, 0.2) is 52.4 Å². The van der Waals surface area contributed by atoms with Crippen molar-refractivity contribution in [3.63, 3.8) is 0 Å². The summed E-state index contributed by atoms with van der Waals surface area (Å²) in [4.78, 5) is 30.2. The Balaban J connectivity index is 1.58. The number of Topliss-reactive ketones (excluding diaryl/α,β-unsaturated/α-hetero) is 1. The molecule has 0 spiro atoms. The molecule has 4 rings (SSSR count).